The molecule has 1 nitrogen and oxygen atoms in total. The highest BCUT2D eigenvalue weighted by molar-refractivity contribution is 6.64. The van der Waals surface area contributed by atoms with Gasteiger partial charge < -0.3 is 0 Å². The Kier molecular flexibility index (Phi) is 4.56. The van der Waals surface area contributed by atoms with Crippen LogP contribution in [0.15, 0.2) is 48.5 Å². The number of hydrogen-bond donors (Lipinski definition) is 0. The van der Waals surface area contributed by atoms with Crippen LogP contribution in [0.4, 0.5) is 4.39 Å². The van der Waals surface area contributed by atoms with Crippen molar-refractivity contribution in [3.8, 4) is 0 Å². The van der Waals surface area contributed by atoms with Crippen LogP contribution in [0.1, 0.15) is 17.0 Å². The normalized spacial score (nSPS) is 12.2. The highest BCUT2D eigenvalue weighted by Gasteiger charge is 2.19. The second-order valence-corrected chi connectivity index (χ2v) is 5.05. The standard InChI is InChI=1S/C15H11Cl2FO/c16-12-3-1-2-11(9-12)14(15(17)19)8-10-4-6-13(18)7-5-10/h1-7,9,14H,8H2. The second-order valence-electron chi connectivity index (χ2n) is 4.24. The largest absolute Gasteiger partial charge is 0.281 e. The van der Waals surface area contributed by atoms with E-state index >= 15 is 0 Å². The van der Waals surface area contributed by atoms with Crippen LogP contribution in [-0.4, -0.2) is 5.24 Å². The van der Waals surface area contributed by atoms with Gasteiger partial charge in [-0.05, 0) is 53.4 Å². The quantitative estimate of drug-likeness (QED) is 0.755. The van der Waals surface area contributed by atoms with E-state index < -0.39 is 11.2 Å². The number of benzene rings is 2. The molecule has 0 spiro atoms. The molecule has 0 amide bonds. The van der Waals surface area contributed by atoms with Crippen LogP contribution in [-0.2, 0) is 11.2 Å². The van der Waals surface area contributed by atoms with Crippen LogP contribution in [0.3, 0.4) is 0 Å². The third-order valence-electron chi connectivity index (χ3n) is 2.88. The highest BCUT2D eigenvalue weighted by Crippen LogP contribution is 2.26. The lowest BCUT2D eigenvalue weighted by Gasteiger charge is -2.13. The van der Waals surface area contributed by atoms with Gasteiger partial charge in [0.2, 0.25) is 5.24 Å². The average Bonchev–Trinajstić information content (AvgIpc) is 2.37. The van der Waals surface area contributed by atoms with Crippen molar-refractivity contribution >= 4 is 28.4 Å². The summed E-state index contributed by atoms with van der Waals surface area (Å²) in [6.45, 7) is 0. The summed E-state index contributed by atoms with van der Waals surface area (Å²) in [5, 5.41) is 0.103. The lowest BCUT2D eigenvalue weighted by atomic mass is 9.93. The first-order valence-corrected chi connectivity index (χ1v) is 6.51. The van der Waals surface area contributed by atoms with Gasteiger partial charge in [-0.1, -0.05) is 35.9 Å². The number of carbonyl (C=O) groups excluding carboxylic acids is 1. The van der Waals surface area contributed by atoms with E-state index in [2.05, 4.69) is 0 Å². The van der Waals surface area contributed by atoms with Crippen molar-refractivity contribution in [2.45, 2.75) is 12.3 Å². The molecule has 19 heavy (non-hydrogen) atoms. The molecule has 2 aromatic carbocycles. The van der Waals surface area contributed by atoms with E-state index in [4.69, 9.17) is 23.2 Å². The molecule has 0 fully saturated rings. The number of halogens is 3. The van der Waals surface area contributed by atoms with Gasteiger partial charge in [0.25, 0.3) is 0 Å². The molecule has 0 radical (unpaired) electrons. The fourth-order valence-electron chi connectivity index (χ4n) is 1.91. The number of hydrogen-bond acceptors (Lipinski definition) is 1. The Hall–Kier alpha value is -1.38. The van der Waals surface area contributed by atoms with E-state index in [0.29, 0.717) is 11.4 Å². The Morgan fingerprint density at radius 3 is 2.42 bits per heavy atom. The molecule has 0 saturated heterocycles. The fourth-order valence-corrected chi connectivity index (χ4v) is 2.31. The minimum absolute atomic E-state index is 0.305. The Bertz CT molecular complexity index is 581. The van der Waals surface area contributed by atoms with E-state index in [9.17, 15) is 9.18 Å². The van der Waals surface area contributed by atoms with E-state index in [1.165, 1.54) is 12.1 Å². The van der Waals surface area contributed by atoms with Crippen LogP contribution in [0.5, 0.6) is 0 Å². The van der Waals surface area contributed by atoms with Gasteiger partial charge in [-0.15, -0.1) is 0 Å². The monoisotopic (exact) mass is 296 g/mol. The summed E-state index contributed by atoms with van der Waals surface area (Å²) < 4.78 is 12.8. The Labute approximate surface area is 121 Å². The van der Waals surface area contributed by atoms with Crippen LogP contribution in [0.25, 0.3) is 0 Å². The maximum absolute atomic E-state index is 12.8. The average molecular weight is 297 g/mol. The second kappa shape index (κ2) is 6.18. The van der Waals surface area contributed by atoms with E-state index in [1.54, 1.807) is 36.4 Å². The first-order valence-electron chi connectivity index (χ1n) is 5.75. The van der Waals surface area contributed by atoms with Gasteiger partial charge in [-0.25, -0.2) is 4.39 Å². The topological polar surface area (TPSA) is 17.1 Å². The molecule has 2 rings (SSSR count). The molecule has 0 N–H and O–H groups in total. The molecular weight excluding hydrogens is 286 g/mol. The molecule has 0 aromatic heterocycles. The summed E-state index contributed by atoms with van der Waals surface area (Å²) in [4.78, 5) is 11.6. The molecule has 1 unspecified atom stereocenters. The third-order valence-corrected chi connectivity index (χ3v) is 3.38. The summed E-state index contributed by atoms with van der Waals surface area (Å²) >= 11 is 11.6. The lowest BCUT2D eigenvalue weighted by Crippen LogP contribution is -2.10. The lowest BCUT2D eigenvalue weighted by molar-refractivity contribution is -0.113. The molecule has 0 aliphatic heterocycles. The molecule has 0 aliphatic carbocycles. The maximum atomic E-state index is 12.8. The van der Waals surface area contributed by atoms with Crippen molar-refractivity contribution in [3.63, 3.8) is 0 Å². The molecule has 0 aliphatic rings. The first kappa shape index (κ1) is 14.0. The molecule has 0 bridgehead atoms. The molecule has 0 saturated carbocycles. The summed E-state index contributed by atoms with van der Waals surface area (Å²) in [6, 6.07) is 13.1. The van der Waals surface area contributed by atoms with Gasteiger partial charge in [-0.2, -0.15) is 0 Å². The Morgan fingerprint density at radius 1 is 1.16 bits per heavy atom. The first-order chi connectivity index (χ1) is 9.06. The van der Waals surface area contributed by atoms with Crippen LogP contribution >= 0.6 is 23.2 Å². The van der Waals surface area contributed by atoms with Crippen LogP contribution in [0, 0.1) is 5.82 Å². The van der Waals surface area contributed by atoms with E-state index in [-0.39, 0.29) is 5.82 Å². The fraction of sp³-hybridized carbons (Fsp3) is 0.133. The van der Waals surface area contributed by atoms with Crippen molar-refractivity contribution in [2.75, 3.05) is 0 Å². The molecule has 2 aromatic rings. The van der Waals surface area contributed by atoms with Gasteiger partial charge in [0.05, 0.1) is 5.92 Å². The van der Waals surface area contributed by atoms with Gasteiger partial charge >= 0.3 is 0 Å². The zero-order valence-electron chi connectivity index (χ0n) is 9.95. The van der Waals surface area contributed by atoms with Crippen LogP contribution in [0.2, 0.25) is 5.02 Å². The Balaban J connectivity index is 2.26. The molecular formula is C15H11Cl2FO. The van der Waals surface area contributed by atoms with Crippen LogP contribution < -0.4 is 0 Å². The minimum Gasteiger partial charge on any atom is -0.281 e. The SMILES string of the molecule is O=C(Cl)C(Cc1ccc(F)cc1)c1cccc(Cl)c1. The summed E-state index contributed by atoms with van der Waals surface area (Å²) in [6.07, 6.45) is 0.420. The molecule has 0 heterocycles. The molecule has 1 atom stereocenters. The van der Waals surface area contributed by atoms with Crippen molar-refractivity contribution in [1.82, 2.24) is 0 Å². The third kappa shape index (κ3) is 3.79. The Morgan fingerprint density at radius 2 is 1.84 bits per heavy atom. The maximum Gasteiger partial charge on any atom is 0.229 e. The zero-order valence-corrected chi connectivity index (χ0v) is 11.5. The van der Waals surface area contributed by atoms with Crippen molar-refractivity contribution < 1.29 is 9.18 Å². The molecule has 98 valence electrons. The minimum atomic E-state index is -0.481. The van der Waals surface area contributed by atoms with Crippen molar-refractivity contribution in [2.24, 2.45) is 0 Å². The summed E-state index contributed by atoms with van der Waals surface area (Å²) in [5.74, 6) is -0.786. The van der Waals surface area contributed by atoms with Gasteiger partial charge in [0.1, 0.15) is 5.82 Å². The van der Waals surface area contributed by atoms with Crippen molar-refractivity contribution in [3.05, 3.63) is 70.5 Å². The van der Waals surface area contributed by atoms with Gasteiger partial charge in [-0.3, -0.25) is 4.79 Å². The highest BCUT2D eigenvalue weighted by atomic mass is 35.5. The predicted molar refractivity (Wildman–Crippen MR) is 75.2 cm³/mol. The van der Waals surface area contributed by atoms with Gasteiger partial charge in [0.15, 0.2) is 0 Å². The summed E-state index contributed by atoms with van der Waals surface area (Å²) in [7, 11) is 0. The van der Waals surface area contributed by atoms with Crippen molar-refractivity contribution in [1.29, 1.82) is 0 Å². The predicted octanol–water partition coefficient (Wildman–Crippen LogP) is 4.57. The van der Waals surface area contributed by atoms with E-state index in [1.807, 2.05) is 0 Å². The summed E-state index contributed by atoms with van der Waals surface area (Å²) in [5.41, 5.74) is 1.61. The zero-order chi connectivity index (χ0) is 13.8. The smallest absolute Gasteiger partial charge is 0.229 e. The number of carbonyl (C=O) groups is 1. The molecule has 4 heteroatoms. The van der Waals surface area contributed by atoms with E-state index in [0.717, 1.165) is 11.1 Å². The number of rotatable bonds is 4. The van der Waals surface area contributed by atoms with Gasteiger partial charge in [0, 0.05) is 5.02 Å².